The summed E-state index contributed by atoms with van der Waals surface area (Å²) < 4.78 is 15.9. The zero-order chi connectivity index (χ0) is 12.4. The largest absolute Gasteiger partial charge is 0.457 e. The predicted octanol–water partition coefficient (Wildman–Crippen LogP) is 2.68. The fraction of sp³-hybridized carbons (Fsp3) is 0.462. The molecule has 4 heteroatoms. The van der Waals surface area contributed by atoms with E-state index in [4.69, 9.17) is 14.2 Å². The Kier molecular flexibility index (Phi) is 3.22. The van der Waals surface area contributed by atoms with Crippen LogP contribution in [-0.2, 0) is 9.53 Å². The number of hydrogen-bond donors (Lipinski definition) is 0. The third-order valence-corrected chi connectivity index (χ3v) is 2.62. The summed E-state index contributed by atoms with van der Waals surface area (Å²) in [7, 11) is 0. The molecule has 0 amide bonds. The summed E-state index contributed by atoms with van der Waals surface area (Å²) in [4.78, 5) is 11.1. The molecule has 0 saturated heterocycles. The Balaban J connectivity index is 2.27. The van der Waals surface area contributed by atoms with Crippen molar-refractivity contribution < 1.29 is 19.0 Å². The minimum atomic E-state index is -0.277. The molecular weight excluding hydrogens is 220 g/mol. The molecule has 1 aromatic carbocycles. The van der Waals surface area contributed by atoms with E-state index in [0.29, 0.717) is 5.75 Å². The molecule has 0 spiro atoms. The van der Waals surface area contributed by atoms with Crippen LogP contribution >= 0.6 is 0 Å². The zero-order valence-corrected chi connectivity index (χ0v) is 10.2. The number of rotatable bonds is 3. The van der Waals surface area contributed by atoms with Crippen molar-refractivity contribution in [2.24, 2.45) is 5.92 Å². The molecule has 2 rings (SSSR count). The number of hydrogen-bond acceptors (Lipinski definition) is 4. The van der Waals surface area contributed by atoms with Gasteiger partial charge in [-0.2, -0.15) is 0 Å². The van der Waals surface area contributed by atoms with E-state index < -0.39 is 0 Å². The van der Waals surface area contributed by atoms with E-state index in [2.05, 4.69) is 0 Å². The minimum absolute atomic E-state index is 0.208. The second kappa shape index (κ2) is 4.65. The summed E-state index contributed by atoms with van der Waals surface area (Å²) in [6.07, 6.45) is -0.248. The number of esters is 1. The Morgan fingerprint density at radius 2 is 2.00 bits per heavy atom. The van der Waals surface area contributed by atoms with Crippen molar-refractivity contribution in [3.05, 3.63) is 23.8 Å². The van der Waals surface area contributed by atoms with Crippen molar-refractivity contribution in [1.82, 2.24) is 0 Å². The van der Waals surface area contributed by atoms with E-state index >= 15 is 0 Å². The van der Waals surface area contributed by atoms with Crippen LogP contribution in [0.25, 0.3) is 0 Å². The molecule has 1 aliphatic rings. The van der Waals surface area contributed by atoms with E-state index in [1.807, 2.05) is 32.0 Å². The smallest absolute Gasteiger partial charge is 0.303 e. The lowest BCUT2D eigenvalue weighted by molar-refractivity contribution is -0.149. The molecule has 1 atom stereocenters. The standard InChI is InChI=1S/C13H16O4/c1-8(2)13(17-9(3)14)10-4-5-11-12(6-10)16-7-15-11/h4-6,8,13H,7H2,1-3H3/t13-/m1/s1. The predicted molar refractivity (Wildman–Crippen MR) is 61.9 cm³/mol. The Hall–Kier alpha value is -1.71. The second-order valence-corrected chi connectivity index (χ2v) is 4.39. The number of carbonyl (C=O) groups excluding carboxylic acids is 1. The third kappa shape index (κ3) is 2.52. The summed E-state index contributed by atoms with van der Waals surface area (Å²) in [5, 5.41) is 0. The molecule has 0 saturated carbocycles. The van der Waals surface area contributed by atoms with Gasteiger partial charge in [-0.15, -0.1) is 0 Å². The van der Waals surface area contributed by atoms with Gasteiger partial charge in [0.25, 0.3) is 0 Å². The van der Waals surface area contributed by atoms with Gasteiger partial charge < -0.3 is 14.2 Å². The first-order chi connectivity index (χ1) is 8.08. The second-order valence-electron chi connectivity index (χ2n) is 4.39. The van der Waals surface area contributed by atoms with Gasteiger partial charge in [-0.05, 0) is 23.6 Å². The van der Waals surface area contributed by atoms with Crippen molar-refractivity contribution in [2.75, 3.05) is 6.79 Å². The number of fused-ring (bicyclic) bond motifs is 1. The van der Waals surface area contributed by atoms with Crippen molar-refractivity contribution in [1.29, 1.82) is 0 Å². The quantitative estimate of drug-likeness (QED) is 0.757. The van der Waals surface area contributed by atoms with Gasteiger partial charge in [0.1, 0.15) is 6.10 Å². The van der Waals surface area contributed by atoms with E-state index in [1.54, 1.807) is 0 Å². The molecule has 1 heterocycles. The molecule has 17 heavy (non-hydrogen) atoms. The number of benzene rings is 1. The molecule has 0 unspecified atom stereocenters. The lowest BCUT2D eigenvalue weighted by Crippen LogP contribution is -2.14. The van der Waals surface area contributed by atoms with Crippen LogP contribution in [-0.4, -0.2) is 12.8 Å². The van der Waals surface area contributed by atoms with Crippen LogP contribution < -0.4 is 9.47 Å². The van der Waals surface area contributed by atoms with E-state index in [0.717, 1.165) is 11.3 Å². The molecule has 1 aromatic rings. The van der Waals surface area contributed by atoms with Gasteiger partial charge in [-0.25, -0.2) is 0 Å². The fourth-order valence-corrected chi connectivity index (χ4v) is 1.86. The fourth-order valence-electron chi connectivity index (χ4n) is 1.86. The molecule has 4 nitrogen and oxygen atoms in total. The van der Waals surface area contributed by atoms with Crippen LogP contribution in [0.15, 0.2) is 18.2 Å². The molecule has 0 aliphatic carbocycles. The van der Waals surface area contributed by atoms with Crippen LogP contribution in [0.2, 0.25) is 0 Å². The first-order valence-corrected chi connectivity index (χ1v) is 5.64. The summed E-state index contributed by atoms with van der Waals surface area (Å²) >= 11 is 0. The van der Waals surface area contributed by atoms with Crippen LogP contribution in [0.4, 0.5) is 0 Å². The molecule has 0 fully saturated rings. The van der Waals surface area contributed by atoms with Crippen LogP contribution in [0.3, 0.4) is 0 Å². The molecule has 0 aromatic heterocycles. The maximum atomic E-state index is 11.1. The summed E-state index contributed by atoms with van der Waals surface area (Å²) in [5.74, 6) is 1.38. The Labute approximate surface area is 100 Å². The minimum Gasteiger partial charge on any atom is -0.457 e. The van der Waals surface area contributed by atoms with Crippen LogP contribution in [0.1, 0.15) is 32.4 Å². The van der Waals surface area contributed by atoms with Gasteiger partial charge in [0.05, 0.1) is 0 Å². The highest BCUT2D eigenvalue weighted by molar-refractivity contribution is 5.66. The van der Waals surface area contributed by atoms with Gasteiger partial charge in [0.15, 0.2) is 11.5 Å². The average Bonchev–Trinajstić information content (AvgIpc) is 2.72. The highest BCUT2D eigenvalue weighted by Gasteiger charge is 2.22. The van der Waals surface area contributed by atoms with Gasteiger partial charge in [-0.1, -0.05) is 19.9 Å². The van der Waals surface area contributed by atoms with Gasteiger partial charge in [0, 0.05) is 6.92 Å². The summed E-state index contributed by atoms with van der Waals surface area (Å²) in [6, 6.07) is 5.62. The van der Waals surface area contributed by atoms with Gasteiger partial charge >= 0.3 is 5.97 Å². The lowest BCUT2D eigenvalue weighted by Gasteiger charge is -2.21. The van der Waals surface area contributed by atoms with Crippen LogP contribution in [0, 0.1) is 5.92 Å². The Bertz CT molecular complexity index is 425. The molecule has 1 aliphatic heterocycles. The SMILES string of the molecule is CC(=O)O[C@@H](c1ccc2c(c1)OCO2)C(C)C. The Morgan fingerprint density at radius 1 is 1.29 bits per heavy atom. The van der Waals surface area contributed by atoms with Crippen molar-refractivity contribution in [3.63, 3.8) is 0 Å². The van der Waals surface area contributed by atoms with E-state index in [-0.39, 0.29) is 24.8 Å². The van der Waals surface area contributed by atoms with Gasteiger partial charge in [-0.3, -0.25) is 4.79 Å². The van der Waals surface area contributed by atoms with Crippen molar-refractivity contribution >= 4 is 5.97 Å². The molecular formula is C13H16O4. The van der Waals surface area contributed by atoms with E-state index in [9.17, 15) is 4.79 Å². The van der Waals surface area contributed by atoms with Crippen LogP contribution in [0.5, 0.6) is 11.5 Å². The number of carbonyl (C=O) groups is 1. The first kappa shape index (κ1) is 11.8. The maximum absolute atomic E-state index is 11.1. The number of ether oxygens (including phenoxy) is 3. The molecule has 0 bridgehead atoms. The van der Waals surface area contributed by atoms with Crippen molar-refractivity contribution in [3.8, 4) is 11.5 Å². The molecule has 92 valence electrons. The third-order valence-electron chi connectivity index (χ3n) is 2.62. The molecule has 0 radical (unpaired) electrons. The summed E-state index contributed by atoms with van der Waals surface area (Å²) in [6.45, 7) is 5.69. The lowest BCUT2D eigenvalue weighted by atomic mass is 9.98. The first-order valence-electron chi connectivity index (χ1n) is 5.64. The summed E-state index contributed by atoms with van der Waals surface area (Å²) in [5.41, 5.74) is 0.930. The van der Waals surface area contributed by atoms with Gasteiger partial charge in [0.2, 0.25) is 6.79 Å². The maximum Gasteiger partial charge on any atom is 0.303 e. The highest BCUT2D eigenvalue weighted by atomic mass is 16.7. The molecule has 0 N–H and O–H groups in total. The normalized spacial score (nSPS) is 14.8. The van der Waals surface area contributed by atoms with Crippen molar-refractivity contribution in [2.45, 2.75) is 26.9 Å². The zero-order valence-electron chi connectivity index (χ0n) is 10.2. The topological polar surface area (TPSA) is 44.8 Å². The van der Waals surface area contributed by atoms with E-state index in [1.165, 1.54) is 6.92 Å². The monoisotopic (exact) mass is 236 g/mol. The average molecular weight is 236 g/mol. The highest BCUT2D eigenvalue weighted by Crippen LogP contribution is 2.36. The Morgan fingerprint density at radius 3 is 2.65 bits per heavy atom.